The van der Waals surface area contributed by atoms with E-state index in [4.69, 9.17) is 5.11 Å². The highest BCUT2D eigenvalue weighted by Gasteiger charge is 2.28. The molecule has 5 heteroatoms. The lowest BCUT2D eigenvalue weighted by Gasteiger charge is -2.34. The average Bonchev–Trinajstić information content (AvgIpc) is 2.36. The number of amides is 2. The zero-order chi connectivity index (χ0) is 14.3. The largest absolute Gasteiger partial charge is 0.480 e. The Morgan fingerprint density at radius 3 is 2.53 bits per heavy atom. The fraction of sp³-hybridized carbons (Fsp3) is 0.714. The van der Waals surface area contributed by atoms with Crippen LogP contribution in [-0.2, 0) is 4.79 Å². The molecule has 0 aromatic rings. The molecule has 1 fully saturated rings. The predicted molar refractivity (Wildman–Crippen MR) is 74.0 cm³/mol. The minimum Gasteiger partial charge on any atom is -0.480 e. The molecule has 2 N–H and O–H groups in total. The van der Waals surface area contributed by atoms with Gasteiger partial charge < -0.3 is 15.3 Å². The van der Waals surface area contributed by atoms with Crippen molar-refractivity contribution >= 4 is 12.0 Å². The molecule has 19 heavy (non-hydrogen) atoms. The third kappa shape index (κ3) is 5.32. The molecule has 1 aliphatic rings. The van der Waals surface area contributed by atoms with Gasteiger partial charge in [0.05, 0.1) is 0 Å². The summed E-state index contributed by atoms with van der Waals surface area (Å²) in [5.41, 5.74) is 0.150. The minimum atomic E-state index is -1.01. The highest BCUT2D eigenvalue weighted by Crippen LogP contribution is 2.34. The van der Waals surface area contributed by atoms with E-state index in [9.17, 15) is 9.59 Å². The van der Waals surface area contributed by atoms with Gasteiger partial charge >= 0.3 is 12.0 Å². The number of urea groups is 1. The topological polar surface area (TPSA) is 69.6 Å². The fourth-order valence-electron chi connectivity index (χ4n) is 2.52. The number of nitrogens with zero attached hydrogens (tertiary/aromatic N) is 1. The summed E-state index contributed by atoms with van der Waals surface area (Å²) in [5.74, 6) is -1.01. The second-order valence-corrected chi connectivity index (χ2v) is 5.59. The number of carboxylic acids is 1. The summed E-state index contributed by atoms with van der Waals surface area (Å²) in [5, 5.41) is 11.6. The van der Waals surface area contributed by atoms with Gasteiger partial charge in [-0.3, -0.25) is 4.79 Å². The molecular weight excluding hydrogens is 244 g/mol. The van der Waals surface area contributed by atoms with Crippen molar-refractivity contribution in [1.82, 2.24) is 10.2 Å². The molecule has 0 aromatic heterocycles. The van der Waals surface area contributed by atoms with Gasteiger partial charge in [0.15, 0.2) is 0 Å². The second-order valence-electron chi connectivity index (χ2n) is 5.59. The Hall–Kier alpha value is -1.52. The van der Waals surface area contributed by atoms with Gasteiger partial charge in [-0.2, -0.15) is 0 Å². The summed E-state index contributed by atoms with van der Waals surface area (Å²) >= 11 is 0. The minimum absolute atomic E-state index is 0.150. The third-order valence-corrected chi connectivity index (χ3v) is 3.69. The zero-order valence-corrected chi connectivity index (χ0v) is 11.7. The van der Waals surface area contributed by atoms with Crippen LogP contribution in [0, 0.1) is 5.41 Å². The van der Waals surface area contributed by atoms with Crippen molar-refractivity contribution in [3.63, 3.8) is 0 Å². The average molecular weight is 268 g/mol. The number of carbonyl (C=O) groups excluding carboxylic acids is 1. The van der Waals surface area contributed by atoms with Gasteiger partial charge in [0.2, 0.25) is 0 Å². The molecule has 0 aliphatic heterocycles. The molecule has 0 saturated heterocycles. The van der Waals surface area contributed by atoms with Crippen LogP contribution in [0.2, 0.25) is 0 Å². The number of nitrogens with one attached hydrogen (secondary N) is 1. The molecule has 2 amide bonds. The van der Waals surface area contributed by atoms with Gasteiger partial charge in [-0.25, -0.2) is 4.79 Å². The first-order chi connectivity index (χ1) is 8.97. The van der Waals surface area contributed by atoms with Crippen molar-refractivity contribution in [1.29, 1.82) is 0 Å². The molecule has 0 unspecified atom stereocenters. The SMILES string of the molecule is C=CCN(CC(=O)O)C(=O)NCC1(C)CCCCC1. The molecular formula is C14H24N2O3. The highest BCUT2D eigenvalue weighted by molar-refractivity contribution is 5.80. The molecule has 1 saturated carbocycles. The molecule has 0 radical (unpaired) electrons. The van der Waals surface area contributed by atoms with E-state index >= 15 is 0 Å². The molecule has 1 rings (SSSR count). The van der Waals surface area contributed by atoms with Crippen LogP contribution in [0.5, 0.6) is 0 Å². The highest BCUT2D eigenvalue weighted by atomic mass is 16.4. The maximum absolute atomic E-state index is 12.0. The van der Waals surface area contributed by atoms with Gasteiger partial charge in [-0.05, 0) is 18.3 Å². The Balaban J connectivity index is 2.46. The molecule has 0 bridgehead atoms. The van der Waals surface area contributed by atoms with E-state index in [0.29, 0.717) is 6.54 Å². The van der Waals surface area contributed by atoms with E-state index in [1.165, 1.54) is 30.2 Å². The summed E-state index contributed by atoms with van der Waals surface area (Å²) in [6.07, 6.45) is 7.45. The summed E-state index contributed by atoms with van der Waals surface area (Å²) in [4.78, 5) is 23.9. The van der Waals surface area contributed by atoms with Crippen LogP contribution in [-0.4, -0.2) is 41.6 Å². The van der Waals surface area contributed by atoms with E-state index in [1.54, 1.807) is 0 Å². The summed E-state index contributed by atoms with van der Waals surface area (Å²) in [7, 11) is 0. The number of aliphatic carboxylic acids is 1. The van der Waals surface area contributed by atoms with E-state index in [-0.39, 0.29) is 24.5 Å². The first-order valence-electron chi connectivity index (χ1n) is 6.82. The summed E-state index contributed by atoms with van der Waals surface area (Å²) < 4.78 is 0. The standard InChI is InChI=1S/C14H24N2O3/c1-3-9-16(10-12(17)18)13(19)15-11-14(2)7-5-4-6-8-14/h3H,1,4-11H2,2H3,(H,15,19)(H,17,18). The Labute approximate surface area is 114 Å². The van der Waals surface area contributed by atoms with Crippen molar-refractivity contribution in [2.75, 3.05) is 19.6 Å². The lowest BCUT2D eigenvalue weighted by Crippen LogP contribution is -2.46. The quantitative estimate of drug-likeness (QED) is 0.726. The second kappa shape index (κ2) is 7.16. The lowest BCUT2D eigenvalue weighted by atomic mass is 9.76. The molecule has 108 valence electrons. The monoisotopic (exact) mass is 268 g/mol. The Kier molecular flexibility index (Phi) is 5.86. The molecule has 0 spiro atoms. The number of carboxylic acid groups (broad SMARTS) is 1. The van der Waals surface area contributed by atoms with Crippen molar-refractivity contribution in [2.24, 2.45) is 5.41 Å². The Morgan fingerprint density at radius 1 is 1.37 bits per heavy atom. The van der Waals surface area contributed by atoms with Crippen molar-refractivity contribution < 1.29 is 14.7 Å². The number of hydrogen-bond acceptors (Lipinski definition) is 2. The normalized spacial score (nSPS) is 17.5. The van der Waals surface area contributed by atoms with E-state index in [1.807, 2.05) is 0 Å². The van der Waals surface area contributed by atoms with Gasteiger partial charge in [0.1, 0.15) is 6.54 Å². The van der Waals surface area contributed by atoms with E-state index in [0.717, 1.165) is 12.8 Å². The van der Waals surface area contributed by atoms with Crippen LogP contribution < -0.4 is 5.32 Å². The molecule has 1 aliphatic carbocycles. The van der Waals surface area contributed by atoms with Crippen molar-refractivity contribution in [2.45, 2.75) is 39.0 Å². The van der Waals surface area contributed by atoms with Gasteiger partial charge in [0.25, 0.3) is 0 Å². The van der Waals surface area contributed by atoms with E-state index < -0.39 is 5.97 Å². The molecule has 0 atom stereocenters. The Bertz CT molecular complexity index is 336. The number of carbonyl (C=O) groups is 2. The number of rotatable bonds is 6. The van der Waals surface area contributed by atoms with Crippen LogP contribution >= 0.6 is 0 Å². The zero-order valence-electron chi connectivity index (χ0n) is 11.7. The van der Waals surface area contributed by atoms with Crippen LogP contribution in [0.4, 0.5) is 4.79 Å². The Morgan fingerprint density at radius 2 is 2.00 bits per heavy atom. The van der Waals surface area contributed by atoms with Gasteiger partial charge in [-0.15, -0.1) is 6.58 Å². The third-order valence-electron chi connectivity index (χ3n) is 3.69. The van der Waals surface area contributed by atoms with Crippen LogP contribution in [0.3, 0.4) is 0 Å². The van der Waals surface area contributed by atoms with Crippen molar-refractivity contribution in [3.8, 4) is 0 Å². The number of hydrogen-bond donors (Lipinski definition) is 2. The molecule has 5 nitrogen and oxygen atoms in total. The molecule has 0 aromatic carbocycles. The van der Waals surface area contributed by atoms with Gasteiger partial charge in [0, 0.05) is 13.1 Å². The van der Waals surface area contributed by atoms with Gasteiger partial charge in [-0.1, -0.05) is 32.3 Å². The van der Waals surface area contributed by atoms with Crippen molar-refractivity contribution in [3.05, 3.63) is 12.7 Å². The van der Waals surface area contributed by atoms with Crippen LogP contribution in [0.15, 0.2) is 12.7 Å². The fourth-order valence-corrected chi connectivity index (χ4v) is 2.52. The lowest BCUT2D eigenvalue weighted by molar-refractivity contribution is -0.137. The predicted octanol–water partition coefficient (Wildman–Crippen LogP) is 2.24. The summed E-state index contributed by atoms with van der Waals surface area (Å²) in [6.45, 7) is 6.28. The first-order valence-corrected chi connectivity index (χ1v) is 6.82. The van der Waals surface area contributed by atoms with E-state index in [2.05, 4.69) is 18.8 Å². The maximum atomic E-state index is 12.0. The first kappa shape index (κ1) is 15.5. The van der Waals surface area contributed by atoms with Crippen LogP contribution in [0.25, 0.3) is 0 Å². The van der Waals surface area contributed by atoms with Crippen LogP contribution in [0.1, 0.15) is 39.0 Å². The maximum Gasteiger partial charge on any atom is 0.323 e. The summed E-state index contributed by atoms with van der Waals surface area (Å²) in [6, 6.07) is -0.325. The smallest absolute Gasteiger partial charge is 0.323 e. The molecule has 0 heterocycles.